The van der Waals surface area contributed by atoms with E-state index in [2.05, 4.69) is 42.5 Å². The van der Waals surface area contributed by atoms with Crippen molar-refractivity contribution in [1.82, 2.24) is 30.4 Å². The van der Waals surface area contributed by atoms with Crippen molar-refractivity contribution in [3.63, 3.8) is 0 Å². The molecule has 2 aromatic heterocycles. The molecule has 0 aliphatic rings. The molecule has 0 aliphatic carbocycles. The number of amides is 2. The molecule has 0 saturated heterocycles. The van der Waals surface area contributed by atoms with Gasteiger partial charge in [-0.2, -0.15) is 16.0 Å². The molecule has 0 radical (unpaired) electrons. The van der Waals surface area contributed by atoms with Crippen molar-refractivity contribution in [1.29, 1.82) is 0 Å². The van der Waals surface area contributed by atoms with Crippen molar-refractivity contribution in [2.45, 2.75) is 13.0 Å². The summed E-state index contributed by atoms with van der Waals surface area (Å²) in [7, 11) is 4.00. The lowest BCUT2D eigenvalue weighted by molar-refractivity contribution is 0.243. The van der Waals surface area contributed by atoms with Gasteiger partial charge in [-0.15, -0.1) is 5.10 Å². The number of hydrogen-bond donors (Lipinski definition) is 2. The minimum absolute atomic E-state index is 0.127. The molecule has 0 fully saturated rings. The fourth-order valence-corrected chi connectivity index (χ4v) is 3.32. The third-order valence-electron chi connectivity index (χ3n) is 3.98. The molecular weight excluding hydrogens is 350 g/mol. The van der Waals surface area contributed by atoms with E-state index in [9.17, 15) is 4.79 Å². The van der Waals surface area contributed by atoms with Crippen molar-refractivity contribution in [3.8, 4) is 5.69 Å². The average Bonchev–Trinajstić information content (AvgIpc) is 3.27. The highest BCUT2D eigenvalue weighted by Crippen LogP contribution is 2.20. The second kappa shape index (κ2) is 8.07. The summed E-state index contributed by atoms with van der Waals surface area (Å²) in [6.07, 6.45) is 0. The van der Waals surface area contributed by atoms with E-state index in [1.54, 1.807) is 16.0 Å². The molecule has 0 bridgehead atoms. The van der Waals surface area contributed by atoms with Crippen molar-refractivity contribution in [2.75, 3.05) is 26.0 Å². The van der Waals surface area contributed by atoms with E-state index in [-0.39, 0.29) is 12.1 Å². The van der Waals surface area contributed by atoms with Gasteiger partial charge < -0.3 is 15.5 Å². The second-order valence-corrected chi connectivity index (χ2v) is 6.84. The van der Waals surface area contributed by atoms with Crippen molar-refractivity contribution in [3.05, 3.63) is 52.5 Å². The summed E-state index contributed by atoms with van der Waals surface area (Å²) in [5.74, 6) is 0.677. The number of nitrogens with zero attached hydrogens (tertiary/aromatic N) is 5. The van der Waals surface area contributed by atoms with Gasteiger partial charge in [0.05, 0.1) is 11.7 Å². The molecule has 2 heterocycles. The van der Waals surface area contributed by atoms with Gasteiger partial charge in [0.25, 0.3) is 0 Å². The third kappa shape index (κ3) is 4.24. The number of hydrogen-bond acceptors (Lipinski definition) is 6. The molecule has 0 aliphatic heterocycles. The van der Waals surface area contributed by atoms with Crippen LogP contribution in [0.5, 0.6) is 0 Å². The number of thiophene rings is 1. The fourth-order valence-electron chi connectivity index (χ4n) is 2.61. The second-order valence-electron chi connectivity index (χ2n) is 6.06. The number of likely N-dealkylation sites (N-methyl/N-ethyl adjacent to an activating group) is 1. The summed E-state index contributed by atoms with van der Waals surface area (Å²) < 4.78 is 1.61. The summed E-state index contributed by atoms with van der Waals surface area (Å²) in [4.78, 5) is 14.4. The molecule has 0 saturated carbocycles. The zero-order valence-electron chi connectivity index (χ0n) is 14.9. The van der Waals surface area contributed by atoms with Crippen LogP contribution in [0.2, 0.25) is 0 Å². The van der Waals surface area contributed by atoms with E-state index in [1.165, 1.54) is 5.56 Å². The van der Waals surface area contributed by atoms with Crippen LogP contribution in [0.4, 0.5) is 10.5 Å². The molecule has 8 nitrogen and oxygen atoms in total. The summed E-state index contributed by atoms with van der Waals surface area (Å²) in [5.41, 5.74) is 2.65. The number of aromatic nitrogens is 4. The Morgan fingerprint density at radius 2 is 2.19 bits per heavy atom. The molecule has 0 unspecified atom stereocenters. The van der Waals surface area contributed by atoms with Crippen LogP contribution in [0.15, 0.2) is 41.1 Å². The number of urea groups is 1. The monoisotopic (exact) mass is 371 g/mol. The van der Waals surface area contributed by atoms with Crippen LogP contribution in [0.25, 0.3) is 5.69 Å². The van der Waals surface area contributed by atoms with Gasteiger partial charge >= 0.3 is 6.03 Å². The zero-order valence-corrected chi connectivity index (χ0v) is 15.7. The molecule has 2 amide bonds. The summed E-state index contributed by atoms with van der Waals surface area (Å²) >= 11 is 1.65. The molecule has 2 N–H and O–H groups in total. The van der Waals surface area contributed by atoms with Gasteiger partial charge in [0.1, 0.15) is 0 Å². The lowest BCUT2D eigenvalue weighted by Gasteiger charge is -2.24. The number of carbonyl (C=O) groups is 1. The molecule has 26 heavy (non-hydrogen) atoms. The Labute approximate surface area is 155 Å². The van der Waals surface area contributed by atoms with Crippen LogP contribution in [-0.4, -0.2) is 51.8 Å². The van der Waals surface area contributed by atoms with Gasteiger partial charge in [-0.25, -0.2) is 4.79 Å². The van der Waals surface area contributed by atoms with Crippen LogP contribution in [0, 0.1) is 6.92 Å². The summed E-state index contributed by atoms with van der Waals surface area (Å²) in [6.45, 7) is 2.33. The van der Waals surface area contributed by atoms with Crippen LogP contribution < -0.4 is 10.6 Å². The number of tetrazole rings is 1. The maximum atomic E-state index is 12.3. The maximum absolute atomic E-state index is 12.3. The van der Waals surface area contributed by atoms with Crippen LogP contribution in [-0.2, 0) is 0 Å². The van der Waals surface area contributed by atoms with Gasteiger partial charge in [-0.1, -0.05) is 6.07 Å². The smallest absolute Gasteiger partial charge is 0.319 e. The van der Waals surface area contributed by atoms with Crippen LogP contribution in [0.3, 0.4) is 0 Å². The maximum Gasteiger partial charge on any atom is 0.319 e. The topological polar surface area (TPSA) is 88.0 Å². The average molecular weight is 371 g/mol. The van der Waals surface area contributed by atoms with Crippen molar-refractivity contribution < 1.29 is 4.79 Å². The quantitative estimate of drug-likeness (QED) is 0.695. The largest absolute Gasteiger partial charge is 0.336 e. The first-order valence-corrected chi connectivity index (χ1v) is 9.07. The van der Waals surface area contributed by atoms with Crippen molar-refractivity contribution >= 4 is 23.1 Å². The number of anilines is 1. The highest BCUT2D eigenvalue weighted by Gasteiger charge is 2.15. The number of rotatable bonds is 6. The lowest BCUT2D eigenvalue weighted by atomic mass is 10.1. The predicted molar refractivity (Wildman–Crippen MR) is 102 cm³/mol. The minimum Gasteiger partial charge on any atom is -0.336 e. The fraction of sp³-hybridized carbons (Fsp3) is 0.294. The normalized spacial score (nSPS) is 12.2. The van der Waals surface area contributed by atoms with E-state index in [0.29, 0.717) is 18.1 Å². The Bertz CT molecular complexity index is 860. The van der Waals surface area contributed by atoms with Gasteiger partial charge in [-0.3, -0.25) is 0 Å². The number of aryl methyl sites for hydroxylation is 1. The van der Waals surface area contributed by atoms with Crippen molar-refractivity contribution in [2.24, 2.45) is 0 Å². The Morgan fingerprint density at radius 3 is 2.85 bits per heavy atom. The van der Waals surface area contributed by atoms with E-state index in [4.69, 9.17) is 0 Å². The van der Waals surface area contributed by atoms with Gasteiger partial charge in [0, 0.05) is 12.2 Å². The SMILES string of the molecule is Cc1nnnn1-c1cccc(NC(=O)NC[C@H](c2ccsc2)N(C)C)c1. The lowest BCUT2D eigenvalue weighted by Crippen LogP contribution is -2.36. The molecule has 3 aromatic rings. The van der Waals surface area contributed by atoms with Crippen LogP contribution in [0.1, 0.15) is 17.4 Å². The Morgan fingerprint density at radius 1 is 1.35 bits per heavy atom. The van der Waals surface area contributed by atoms with Gasteiger partial charge in [0.15, 0.2) is 5.82 Å². The Hall–Kier alpha value is -2.78. The van der Waals surface area contributed by atoms with E-state index < -0.39 is 0 Å². The third-order valence-corrected chi connectivity index (χ3v) is 4.68. The van der Waals surface area contributed by atoms with Gasteiger partial charge in [-0.05, 0) is 72.0 Å². The molecule has 0 spiro atoms. The molecule has 9 heteroatoms. The van der Waals surface area contributed by atoms with Crippen LogP contribution >= 0.6 is 11.3 Å². The summed E-state index contributed by atoms with van der Waals surface area (Å²) in [5, 5.41) is 21.4. The van der Waals surface area contributed by atoms with Gasteiger partial charge in [0.2, 0.25) is 0 Å². The predicted octanol–water partition coefficient (Wildman–Crippen LogP) is 2.46. The molecular formula is C17H21N7OS. The Balaban J connectivity index is 1.62. The number of benzene rings is 1. The zero-order chi connectivity index (χ0) is 18.5. The first-order chi connectivity index (χ1) is 12.5. The minimum atomic E-state index is -0.252. The van der Waals surface area contributed by atoms with E-state index >= 15 is 0 Å². The number of nitrogens with one attached hydrogen (secondary N) is 2. The number of carbonyl (C=O) groups excluding carboxylic acids is 1. The standard InChI is InChI=1S/C17H21N7OS/c1-12-20-21-22-24(12)15-6-4-5-14(9-15)19-17(25)18-10-16(23(2)3)13-7-8-26-11-13/h4-9,11,16H,10H2,1-3H3,(H2,18,19,25)/t16-/m1/s1. The Kier molecular flexibility index (Phi) is 5.59. The molecule has 1 aromatic carbocycles. The highest BCUT2D eigenvalue weighted by molar-refractivity contribution is 7.07. The molecule has 136 valence electrons. The van der Waals surface area contributed by atoms with E-state index in [0.717, 1.165) is 5.69 Å². The van der Waals surface area contributed by atoms with E-state index in [1.807, 2.05) is 50.7 Å². The summed E-state index contributed by atoms with van der Waals surface area (Å²) in [6, 6.07) is 9.33. The first kappa shape index (κ1) is 18.0. The highest BCUT2D eigenvalue weighted by atomic mass is 32.1. The molecule has 3 rings (SSSR count). The molecule has 1 atom stereocenters. The first-order valence-electron chi connectivity index (χ1n) is 8.13.